The Bertz CT molecular complexity index is 587. The van der Waals surface area contributed by atoms with Crippen molar-refractivity contribution >= 4 is 33.2 Å². The van der Waals surface area contributed by atoms with Crippen LogP contribution >= 0.6 is 22.9 Å². The molecule has 3 nitrogen and oxygen atoms in total. The number of hydrogen-bond acceptors (Lipinski definition) is 3. The van der Waals surface area contributed by atoms with E-state index in [1.807, 2.05) is 0 Å². The molecule has 1 aliphatic rings. The maximum atomic E-state index is 11.6. The molecule has 0 spiro atoms. The normalized spacial score (nSPS) is 15.5. The number of fused-ring (bicyclic) bond motifs is 3. The van der Waals surface area contributed by atoms with Gasteiger partial charge in [-0.2, -0.15) is 0 Å². The highest BCUT2D eigenvalue weighted by atomic mass is 35.5. The number of nitrogens with one attached hydrogen (secondary N) is 1. The fourth-order valence-electron chi connectivity index (χ4n) is 2.10. The van der Waals surface area contributed by atoms with E-state index >= 15 is 0 Å². The van der Waals surface area contributed by atoms with E-state index in [1.54, 1.807) is 11.3 Å². The topological polar surface area (TPSA) is 45.8 Å². The summed E-state index contributed by atoms with van der Waals surface area (Å²) >= 11 is 7.33. The van der Waals surface area contributed by atoms with Crippen molar-refractivity contribution in [3.8, 4) is 0 Å². The summed E-state index contributed by atoms with van der Waals surface area (Å²) < 4.78 is 0.728. The quantitative estimate of drug-likeness (QED) is 0.720. The molecule has 0 aromatic carbocycles. The van der Waals surface area contributed by atoms with Gasteiger partial charge in [0.15, 0.2) is 0 Å². The van der Waals surface area contributed by atoms with Crippen molar-refractivity contribution in [3.05, 3.63) is 26.1 Å². The second-order valence-electron chi connectivity index (χ2n) is 3.75. The Balaban J connectivity index is 2.42. The van der Waals surface area contributed by atoms with Crippen molar-refractivity contribution in [1.82, 2.24) is 9.97 Å². The highest BCUT2D eigenvalue weighted by Crippen LogP contribution is 2.33. The standard InChI is InChI=1S/C10H9ClN2OS/c11-10-12-7-5-3-1-2-4-6(5)15-8(7)9(14)13-10/h1-4H2,(H,12,13,14). The number of hydrogen-bond donors (Lipinski definition) is 1. The first-order valence-electron chi connectivity index (χ1n) is 4.96. The first-order valence-corrected chi connectivity index (χ1v) is 6.15. The second-order valence-corrected chi connectivity index (χ2v) is 5.21. The van der Waals surface area contributed by atoms with Crippen LogP contribution in [0, 0.1) is 0 Å². The van der Waals surface area contributed by atoms with Gasteiger partial charge in [0.25, 0.3) is 5.56 Å². The van der Waals surface area contributed by atoms with Crippen LogP contribution in [0.2, 0.25) is 5.28 Å². The van der Waals surface area contributed by atoms with Crippen molar-refractivity contribution in [2.24, 2.45) is 0 Å². The molecule has 3 rings (SSSR count). The van der Waals surface area contributed by atoms with Crippen LogP contribution in [0.3, 0.4) is 0 Å². The van der Waals surface area contributed by atoms with Crippen LogP contribution in [0.5, 0.6) is 0 Å². The average molecular weight is 241 g/mol. The minimum absolute atomic E-state index is 0.107. The Labute approximate surface area is 95.1 Å². The zero-order valence-electron chi connectivity index (χ0n) is 7.97. The highest BCUT2D eigenvalue weighted by Gasteiger charge is 2.18. The van der Waals surface area contributed by atoms with Gasteiger partial charge in [0, 0.05) is 4.88 Å². The third-order valence-electron chi connectivity index (χ3n) is 2.78. The van der Waals surface area contributed by atoms with Crippen LogP contribution in [-0.4, -0.2) is 9.97 Å². The predicted molar refractivity (Wildman–Crippen MR) is 61.9 cm³/mol. The SMILES string of the molecule is O=c1[nH]c(Cl)nc2c3c(sc12)CCCC3. The monoisotopic (exact) mass is 240 g/mol. The molecule has 0 saturated carbocycles. The van der Waals surface area contributed by atoms with E-state index in [9.17, 15) is 4.79 Å². The van der Waals surface area contributed by atoms with Gasteiger partial charge in [-0.1, -0.05) is 0 Å². The summed E-state index contributed by atoms with van der Waals surface area (Å²) in [5.74, 6) is 0. The fourth-order valence-corrected chi connectivity index (χ4v) is 3.49. The summed E-state index contributed by atoms with van der Waals surface area (Å²) in [5, 5.41) is 0.193. The Morgan fingerprint density at radius 1 is 1.33 bits per heavy atom. The van der Waals surface area contributed by atoms with Crippen LogP contribution in [0.4, 0.5) is 0 Å². The molecule has 1 N–H and O–H groups in total. The van der Waals surface area contributed by atoms with Crippen LogP contribution in [-0.2, 0) is 12.8 Å². The Morgan fingerprint density at radius 2 is 2.13 bits per heavy atom. The van der Waals surface area contributed by atoms with E-state index in [4.69, 9.17) is 11.6 Å². The molecule has 0 bridgehead atoms. The van der Waals surface area contributed by atoms with Crippen molar-refractivity contribution < 1.29 is 0 Å². The number of thiophene rings is 1. The average Bonchev–Trinajstić information content (AvgIpc) is 2.57. The first-order chi connectivity index (χ1) is 7.25. The number of aromatic nitrogens is 2. The van der Waals surface area contributed by atoms with Gasteiger partial charge in [-0.05, 0) is 42.8 Å². The molecule has 0 unspecified atom stereocenters. The number of halogens is 1. The van der Waals surface area contributed by atoms with E-state index in [1.165, 1.54) is 23.3 Å². The highest BCUT2D eigenvalue weighted by molar-refractivity contribution is 7.19. The lowest BCUT2D eigenvalue weighted by Gasteiger charge is -2.09. The van der Waals surface area contributed by atoms with Gasteiger partial charge in [-0.15, -0.1) is 11.3 Å². The van der Waals surface area contributed by atoms with Crippen LogP contribution in [0.15, 0.2) is 4.79 Å². The number of H-pyrrole nitrogens is 1. The van der Waals surface area contributed by atoms with Crippen molar-refractivity contribution in [3.63, 3.8) is 0 Å². The molecule has 0 fully saturated rings. The van der Waals surface area contributed by atoms with E-state index in [-0.39, 0.29) is 10.8 Å². The Morgan fingerprint density at radius 3 is 3.00 bits per heavy atom. The molecule has 15 heavy (non-hydrogen) atoms. The van der Waals surface area contributed by atoms with Gasteiger partial charge in [0.05, 0.1) is 5.52 Å². The fraction of sp³-hybridized carbons (Fsp3) is 0.400. The molecule has 2 aromatic rings. The number of rotatable bonds is 0. The maximum absolute atomic E-state index is 11.6. The summed E-state index contributed by atoms with van der Waals surface area (Å²) in [6.45, 7) is 0. The van der Waals surface area contributed by atoms with Gasteiger partial charge < -0.3 is 0 Å². The van der Waals surface area contributed by atoms with Crippen LogP contribution in [0.25, 0.3) is 10.2 Å². The second kappa shape index (κ2) is 3.32. The van der Waals surface area contributed by atoms with Crippen molar-refractivity contribution in [2.45, 2.75) is 25.7 Å². The van der Waals surface area contributed by atoms with E-state index in [2.05, 4.69) is 9.97 Å². The summed E-state index contributed by atoms with van der Waals surface area (Å²) in [6.07, 6.45) is 4.51. The zero-order valence-corrected chi connectivity index (χ0v) is 9.54. The summed E-state index contributed by atoms with van der Waals surface area (Å²) in [4.78, 5) is 19.7. The summed E-state index contributed by atoms with van der Waals surface area (Å²) in [6, 6.07) is 0. The van der Waals surface area contributed by atoms with Gasteiger partial charge in [0.1, 0.15) is 4.70 Å². The zero-order chi connectivity index (χ0) is 10.4. The first kappa shape index (κ1) is 9.36. The number of aromatic amines is 1. The Kier molecular flexibility index (Phi) is 2.07. The van der Waals surface area contributed by atoms with Crippen molar-refractivity contribution in [1.29, 1.82) is 0 Å². The minimum Gasteiger partial charge on any atom is -0.296 e. The molecule has 0 atom stereocenters. The minimum atomic E-state index is -0.107. The molecular weight excluding hydrogens is 232 g/mol. The lowest BCUT2D eigenvalue weighted by molar-refractivity contribution is 0.699. The molecule has 0 amide bonds. The molecule has 2 heterocycles. The summed E-state index contributed by atoms with van der Waals surface area (Å²) in [7, 11) is 0. The molecule has 1 aliphatic carbocycles. The third-order valence-corrected chi connectivity index (χ3v) is 4.24. The molecule has 5 heteroatoms. The summed E-state index contributed by atoms with van der Waals surface area (Å²) in [5.41, 5.74) is 1.96. The largest absolute Gasteiger partial charge is 0.296 e. The van der Waals surface area contributed by atoms with Crippen LogP contribution in [0.1, 0.15) is 23.3 Å². The van der Waals surface area contributed by atoms with Gasteiger partial charge in [-0.3, -0.25) is 9.78 Å². The molecule has 0 saturated heterocycles. The van der Waals surface area contributed by atoms with E-state index in [0.717, 1.165) is 23.1 Å². The lowest BCUT2D eigenvalue weighted by Crippen LogP contribution is -2.06. The van der Waals surface area contributed by atoms with Gasteiger partial charge in [-0.25, -0.2) is 4.98 Å². The van der Waals surface area contributed by atoms with Crippen LogP contribution < -0.4 is 5.56 Å². The molecule has 78 valence electrons. The van der Waals surface area contributed by atoms with E-state index in [0.29, 0.717) is 0 Å². The van der Waals surface area contributed by atoms with Gasteiger partial charge >= 0.3 is 0 Å². The van der Waals surface area contributed by atoms with E-state index < -0.39 is 0 Å². The molecule has 2 aromatic heterocycles. The third kappa shape index (κ3) is 1.40. The molecule has 0 radical (unpaired) electrons. The predicted octanol–water partition coefficient (Wildman–Crippen LogP) is 2.52. The number of aryl methyl sites for hydroxylation is 2. The molecule has 0 aliphatic heterocycles. The van der Waals surface area contributed by atoms with Gasteiger partial charge in [0.2, 0.25) is 5.28 Å². The smallest absolute Gasteiger partial charge is 0.269 e. The maximum Gasteiger partial charge on any atom is 0.269 e. The number of nitrogens with zero attached hydrogens (tertiary/aromatic N) is 1. The van der Waals surface area contributed by atoms with Crippen molar-refractivity contribution in [2.75, 3.05) is 0 Å². The Hall–Kier alpha value is -0.870. The lowest BCUT2D eigenvalue weighted by atomic mass is 9.98. The molecular formula is C10H9ClN2OS.